The van der Waals surface area contributed by atoms with Gasteiger partial charge in [-0.3, -0.25) is 14.4 Å². The molecule has 0 aromatic carbocycles. The smallest absolute Gasteiger partial charge is 0.239 e. The number of methoxy groups -OCH3 is 1. The van der Waals surface area contributed by atoms with E-state index in [1.807, 2.05) is 0 Å². The third-order valence-corrected chi connectivity index (χ3v) is 4.88. The SMILES string of the molecule is CNC(=O)CNC(=O)CCCCCCCCCCC(=O)NCCCCCCOC. The van der Waals surface area contributed by atoms with Gasteiger partial charge in [-0.25, -0.2) is 0 Å². The molecule has 29 heavy (non-hydrogen) atoms. The van der Waals surface area contributed by atoms with Crippen LogP contribution in [0.1, 0.15) is 89.9 Å². The Morgan fingerprint density at radius 2 is 1.10 bits per heavy atom. The van der Waals surface area contributed by atoms with E-state index in [2.05, 4.69) is 16.0 Å². The molecule has 0 saturated heterocycles. The zero-order valence-corrected chi connectivity index (χ0v) is 18.7. The number of hydrogen-bond donors (Lipinski definition) is 3. The van der Waals surface area contributed by atoms with E-state index in [0.717, 1.165) is 70.9 Å². The normalized spacial score (nSPS) is 10.6. The maximum Gasteiger partial charge on any atom is 0.239 e. The van der Waals surface area contributed by atoms with E-state index < -0.39 is 0 Å². The number of likely N-dealkylation sites (N-methyl/N-ethyl adjacent to an activating group) is 1. The predicted molar refractivity (Wildman–Crippen MR) is 117 cm³/mol. The Bertz CT molecular complexity index is 430. The standard InChI is InChI=1S/C22H43N3O4/c1-23-22(28)19-25-21(27)16-12-8-6-4-3-5-7-11-15-20(26)24-17-13-9-10-14-18-29-2/h3-19H2,1-2H3,(H,23,28)(H,24,26)(H,25,27). The molecule has 0 fully saturated rings. The van der Waals surface area contributed by atoms with E-state index in [1.165, 1.54) is 19.3 Å². The van der Waals surface area contributed by atoms with Gasteiger partial charge in [0.25, 0.3) is 0 Å². The van der Waals surface area contributed by atoms with Gasteiger partial charge in [-0.1, -0.05) is 51.4 Å². The lowest BCUT2D eigenvalue weighted by Crippen LogP contribution is -2.34. The van der Waals surface area contributed by atoms with Gasteiger partial charge in [-0.05, 0) is 25.7 Å². The maximum atomic E-state index is 11.8. The quantitative estimate of drug-likeness (QED) is 0.267. The van der Waals surface area contributed by atoms with Crippen LogP contribution in [-0.2, 0) is 19.1 Å². The summed E-state index contributed by atoms with van der Waals surface area (Å²) < 4.78 is 5.01. The molecule has 0 radical (unpaired) electrons. The van der Waals surface area contributed by atoms with Crippen LogP contribution >= 0.6 is 0 Å². The van der Waals surface area contributed by atoms with Crippen molar-refractivity contribution in [1.29, 1.82) is 0 Å². The Kier molecular flexibility index (Phi) is 19.9. The second-order valence-electron chi connectivity index (χ2n) is 7.54. The maximum absolute atomic E-state index is 11.8. The number of carbonyl (C=O) groups excluding carboxylic acids is 3. The zero-order valence-electron chi connectivity index (χ0n) is 18.7. The largest absolute Gasteiger partial charge is 0.385 e. The Morgan fingerprint density at radius 1 is 0.621 bits per heavy atom. The first kappa shape index (κ1) is 27.4. The van der Waals surface area contributed by atoms with Crippen molar-refractivity contribution in [2.24, 2.45) is 0 Å². The third-order valence-electron chi connectivity index (χ3n) is 4.88. The Hall–Kier alpha value is -1.63. The molecule has 0 aliphatic carbocycles. The number of rotatable bonds is 20. The van der Waals surface area contributed by atoms with E-state index in [-0.39, 0.29) is 24.3 Å². The minimum Gasteiger partial charge on any atom is -0.385 e. The molecule has 3 N–H and O–H groups in total. The van der Waals surface area contributed by atoms with Gasteiger partial charge in [0, 0.05) is 40.2 Å². The number of hydrogen-bond acceptors (Lipinski definition) is 4. The molecule has 3 amide bonds. The van der Waals surface area contributed by atoms with Gasteiger partial charge in [0.2, 0.25) is 17.7 Å². The van der Waals surface area contributed by atoms with Crippen LogP contribution < -0.4 is 16.0 Å². The Morgan fingerprint density at radius 3 is 1.66 bits per heavy atom. The second-order valence-corrected chi connectivity index (χ2v) is 7.54. The molecule has 170 valence electrons. The summed E-state index contributed by atoms with van der Waals surface area (Å²) in [5.74, 6) is -0.0564. The molecule has 0 aromatic rings. The van der Waals surface area contributed by atoms with Crippen LogP contribution in [0.15, 0.2) is 0 Å². The summed E-state index contributed by atoms with van der Waals surface area (Å²) in [6.07, 6.45) is 14.2. The average Bonchev–Trinajstić information content (AvgIpc) is 2.72. The van der Waals surface area contributed by atoms with Crippen LogP contribution in [0.2, 0.25) is 0 Å². The molecular formula is C22H43N3O4. The summed E-state index contributed by atoms with van der Waals surface area (Å²) in [7, 11) is 3.28. The van der Waals surface area contributed by atoms with Gasteiger partial charge < -0.3 is 20.7 Å². The van der Waals surface area contributed by atoms with Crippen molar-refractivity contribution in [2.45, 2.75) is 89.9 Å². The van der Waals surface area contributed by atoms with Crippen molar-refractivity contribution in [1.82, 2.24) is 16.0 Å². The lowest BCUT2D eigenvalue weighted by Gasteiger charge is -2.06. The van der Waals surface area contributed by atoms with Crippen LogP contribution in [0.25, 0.3) is 0 Å². The fourth-order valence-electron chi connectivity index (χ4n) is 3.03. The number of ether oxygens (including phenoxy) is 1. The monoisotopic (exact) mass is 413 g/mol. The van der Waals surface area contributed by atoms with E-state index in [9.17, 15) is 14.4 Å². The topological polar surface area (TPSA) is 96.5 Å². The van der Waals surface area contributed by atoms with Gasteiger partial charge >= 0.3 is 0 Å². The van der Waals surface area contributed by atoms with Crippen LogP contribution in [0.5, 0.6) is 0 Å². The van der Waals surface area contributed by atoms with Gasteiger partial charge in [0.05, 0.1) is 6.54 Å². The van der Waals surface area contributed by atoms with Crippen molar-refractivity contribution in [3.63, 3.8) is 0 Å². The molecule has 0 unspecified atom stereocenters. The van der Waals surface area contributed by atoms with Crippen LogP contribution in [-0.4, -0.2) is 51.6 Å². The molecular weight excluding hydrogens is 370 g/mol. The van der Waals surface area contributed by atoms with Crippen molar-refractivity contribution < 1.29 is 19.1 Å². The number of unbranched alkanes of at least 4 members (excludes halogenated alkanes) is 10. The summed E-state index contributed by atoms with van der Waals surface area (Å²) >= 11 is 0. The van der Waals surface area contributed by atoms with E-state index in [4.69, 9.17) is 4.74 Å². The molecule has 7 nitrogen and oxygen atoms in total. The lowest BCUT2D eigenvalue weighted by molar-refractivity contribution is -0.125. The highest BCUT2D eigenvalue weighted by Gasteiger charge is 2.04. The molecule has 0 heterocycles. The summed E-state index contributed by atoms with van der Waals surface area (Å²) in [6.45, 7) is 1.67. The fraction of sp³-hybridized carbons (Fsp3) is 0.864. The third kappa shape index (κ3) is 20.9. The van der Waals surface area contributed by atoms with Gasteiger partial charge in [-0.15, -0.1) is 0 Å². The lowest BCUT2D eigenvalue weighted by atomic mass is 10.1. The fourth-order valence-corrected chi connectivity index (χ4v) is 3.03. The van der Waals surface area contributed by atoms with Gasteiger partial charge in [0.15, 0.2) is 0 Å². The number of amides is 3. The minimum atomic E-state index is -0.176. The van der Waals surface area contributed by atoms with Crippen LogP contribution in [0, 0.1) is 0 Å². The summed E-state index contributed by atoms with van der Waals surface area (Å²) in [5, 5.41) is 8.08. The van der Waals surface area contributed by atoms with Gasteiger partial charge in [-0.2, -0.15) is 0 Å². The molecule has 0 aliphatic rings. The highest BCUT2D eigenvalue weighted by Crippen LogP contribution is 2.10. The first-order valence-electron chi connectivity index (χ1n) is 11.3. The van der Waals surface area contributed by atoms with Crippen LogP contribution in [0.3, 0.4) is 0 Å². The average molecular weight is 414 g/mol. The highest BCUT2D eigenvalue weighted by molar-refractivity contribution is 5.84. The molecule has 7 heteroatoms. The number of carbonyl (C=O) groups is 3. The zero-order chi connectivity index (χ0) is 21.6. The number of nitrogens with one attached hydrogen (secondary N) is 3. The molecule has 0 aromatic heterocycles. The van der Waals surface area contributed by atoms with E-state index in [1.54, 1.807) is 14.2 Å². The first-order valence-corrected chi connectivity index (χ1v) is 11.3. The first-order chi connectivity index (χ1) is 14.1. The molecule has 0 rings (SSSR count). The minimum absolute atomic E-state index is 0.0574. The summed E-state index contributed by atoms with van der Waals surface area (Å²) in [5.41, 5.74) is 0. The van der Waals surface area contributed by atoms with Crippen LogP contribution in [0.4, 0.5) is 0 Å². The van der Waals surface area contributed by atoms with E-state index in [0.29, 0.717) is 12.8 Å². The highest BCUT2D eigenvalue weighted by atomic mass is 16.5. The molecule has 0 spiro atoms. The summed E-state index contributed by atoms with van der Waals surface area (Å²) in [4.78, 5) is 34.3. The molecule has 0 atom stereocenters. The Balaban J connectivity index is 3.27. The van der Waals surface area contributed by atoms with Crippen molar-refractivity contribution in [3.05, 3.63) is 0 Å². The summed E-state index contributed by atoms with van der Waals surface area (Å²) in [6, 6.07) is 0. The molecule has 0 saturated carbocycles. The van der Waals surface area contributed by atoms with Gasteiger partial charge in [0.1, 0.15) is 0 Å². The molecule has 0 bridgehead atoms. The van der Waals surface area contributed by atoms with E-state index >= 15 is 0 Å². The van der Waals surface area contributed by atoms with Crippen molar-refractivity contribution >= 4 is 17.7 Å². The molecule has 0 aliphatic heterocycles. The second kappa shape index (κ2) is 21.1. The predicted octanol–water partition coefficient (Wildman–Crippen LogP) is 3.07. The Labute approximate surface area is 177 Å². The van der Waals surface area contributed by atoms with Crippen molar-refractivity contribution in [2.75, 3.05) is 33.9 Å². The van der Waals surface area contributed by atoms with Crippen molar-refractivity contribution in [3.8, 4) is 0 Å².